The van der Waals surface area contributed by atoms with Gasteiger partial charge >= 0.3 is 12.3 Å². The Morgan fingerprint density at radius 2 is 2.00 bits per heavy atom. The Labute approximate surface area is 135 Å². The summed E-state index contributed by atoms with van der Waals surface area (Å²) in [5, 5.41) is 9.46. The molecular formula is C16H13F3N2O3. The standard InChI is InChI=1S/C16H13F3N2O3/c17-16(18,19)11-6-7-13(20-9-11)24-14-8-5-10-3-1-2-4-12(10)21(14)15(22)23/h1-4,6-7,9,14H,5,8H2,(H,22,23). The van der Waals surface area contributed by atoms with Crippen LogP contribution in [0.2, 0.25) is 0 Å². The van der Waals surface area contributed by atoms with Gasteiger partial charge in [-0.1, -0.05) is 18.2 Å². The molecule has 1 amide bonds. The Hall–Kier alpha value is -2.77. The van der Waals surface area contributed by atoms with Crippen molar-refractivity contribution in [3.05, 3.63) is 53.7 Å². The number of para-hydroxylation sites is 1. The van der Waals surface area contributed by atoms with E-state index in [1.807, 2.05) is 12.1 Å². The Morgan fingerprint density at radius 3 is 2.62 bits per heavy atom. The van der Waals surface area contributed by atoms with Crippen molar-refractivity contribution < 1.29 is 27.8 Å². The van der Waals surface area contributed by atoms with Crippen LogP contribution in [-0.4, -0.2) is 22.4 Å². The molecule has 2 heterocycles. The predicted octanol–water partition coefficient (Wildman–Crippen LogP) is 3.94. The number of hydrogen-bond acceptors (Lipinski definition) is 3. The van der Waals surface area contributed by atoms with Gasteiger partial charge in [0.25, 0.3) is 0 Å². The fourth-order valence-electron chi connectivity index (χ4n) is 2.62. The molecule has 1 aromatic carbocycles. The number of carboxylic acid groups (broad SMARTS) is 1. The van der Waals surface area contributed by atoms with Crippen molar-refractivity contribution in [2.75, 3.05) is 4.90 Å². The van der Waals surface area contributed by atoms with Crippen LogP contribution in [0, 0.1) is 0 Å². The highest BCUT2D eigenvalue weighted by molar-refractivity contribution is 5.88. The highest BCUT2D eigenvalue weighted by Gasteiger charge is 2.33. The summed E-state index contributed by atoms with van der Waals surface area (Å²) < 4.78 is 43.2. The number of ether oxygens (including phenoxy) is 1. The molecule has 126 valence electrons. The molecule has 2 aromatic rings. The molecule has 1 N–H and O–H groups in total. The third kappa shape index (κ3) is 3.12. The Kier molecular flexibility index (Phi) is 4.04. The van der Waals surface area contributed by atoms with Crippen LogP contribution >= 0.6 is 0 Å². The van der Waals surface area contributed by atoms with Crippen LogP contribution in [0.5, 0.6) is 5.88 Å². The molecule has 24 heavy (non-hydrogen) atoms. The van der Waals surface area contributed by atoms with E-state index < -0.39 is 24.1 Å². The third-order valence-electron chi connectivity index (χ3n) is 3.73. The second-order valence-corrected chi connectivity index (χ2v) is 5.28. The van der Waals surface area contributed by atoms with Crippen LogP contribution in [0.1, 0.15) is 17.5 Å². The number of nitrogens with zero attached hydrogens (tertiary/aromatic N) is 2. The van der Waals surface area contributed by atoms with Crippen molar-refractivity contribution in [1.29, 1.82) is 0 Å². The summed E-state index contributed by atoms with van der Waals surface area (Å²) in [5.74, 6) is -0.0568. The lowest BCUT2D eigenvalue weighted by Gasteiger charge is -2.34. The average molecular weight is 338 g/mol. The van der Waals surface area contributed by atoms with E-state index in [4.69, 9.17) is 4.74 Å². The van der Waals surface area contributed by atoms with Gasteiger partial charge in [0.15, 0.2) is 6.23 Å². The smallest absolute Gasteiger partial charge is 0.417 e. The molecule has 0 saturated carbocycles. The number of carbonyl (C=O) groups is 1. The number of pyridine rings is 1. The molecule has 8 heteroatoms. The van der Waals surface area contributed by atoms with Gasteiger partial charge in [0.2, 0.25) is 5.88 Å². The normalized spacial score (nSPS) is 17.3. The third-order valence-corrected chi connectivity index (χ3v) is 3.73. The number of rotatable bonds is 2. The largest absolute Gasteiger partial charge is 0.465 e. The number of alkyl halides is 3. The summed E-state index contributed by atoms with van der Waals surface area (Å²) in [6, 6.07) is 8.97. The van der Waals surface area contributed by atoms with E-state index in [1.165, 1.54) is 0 Å². The summed E-state index contributed by atoms with van der Waals surface area (Å²) in [5.41, 5.74) is 0.493. The molecular weight excluding hydrogens is 325 g/mol. The maximum absolute atomic E-state index is 12.5. The van der Waals surface area contributed by atoms with E-state index in [1.54, 1.807) is 12.1 Å². The van der Waals surface area contributed by atoms with E-state index in [0.717, 1.165) is 22.6 Å². The highest BCUT2D eigenvalue weighted by atomic mass is 19.4. The van der Waals surface area contributed by atoms with Crippen molar-refractivity contribution in [3.63, 3.8) is 0 Å². The Balaban J connectivity index is 1.83. The van der Waals surface area contributed by atoms with Crippen LogP contribution in [0.4, 0.5) is 23.7 Å². The SMILES string of the molecule is O=C(O)N1c2ccccc2CCC1Oc1ccc(C(F)(F)F)cn1. The van der Waals surface area contributed by atoms with Gasteiger partial charge in [-0.05, 0) is 24.1 Å². The molecule has 0 bridgehead atoms. The summed E-state index contributed by atoms with van der Waals surface area (Å²) >= 11 is 0. The molecule has 1 unspecified atom stereocenters. The first-order valence-electron chi connectivity index (χ1n) is 7.16. The van der Waals surface area contributed by atoms with E-state index >= 15 is 0 Å². The zero-order valence-electron chi connectivity index (χ0n) is 12.3. The van der Waals surface area contributed by atoms with Gasteiger partial charge in [0.05, 0.1) is 11.3 Å². The number of amides is 1. The minimum absolute atomic E-state index is 0.0568. The van der Waals surface area contributed by atoms with Crippen molar-refractivity contribution >= 4 is 11.8 Å². The predicted molar refractivity (Wildman–Crippen MR) is 78.9 cm³/mol. The Bertz CT molecular complexity index is 747. The molecule has 0 saturated heterocycles. The first-order chi connectivity index (χ1) is 11.4. The van der Waals surface area contributed by atoms with Gasteiger partial charge in [0, 0.05) is 18.7 Å². The van der Waals surface area contributed by atoms with Gasteiger partial charge in [-0.2, -0.15) is 13.2 Å². The fourth-order valence-corrected chi connectivity index (χ4v) is 2.62. The number of aromatic nitrogens is 1. The van der Waals surface area contributed by atoms with Crippen molar-refractivity contribution in [1.82, 2.24) is 4.98 Å². The molecule has 3 rings (SSSR count). The maximum Gasteiger partial charge on any atom is 0.417 e. The number of fused-ring (bicyclic) bond motifs is 1. The molecule has 0 spiro atoms. The molecule has 5 nitrogen and oxygen atoms in total. The molecule has 0 radical (unpaired) electrons. The fraction of sp³-hybridized carbons (Fsp3) is 0.250. The van der Waals surface area contributed by atoms with E-state index in [2.05, 4.69) is 4.98 Å². The van der Waals surface area contributed by atoms with Gasteiger partial charge in [-0.3, -0.25) is 0 Å². The molecule has 1 aliphatic rings. The number of halogens is 3. The first-order valence-corrected chi connectivity index (χ1v) is 7.16. The van der Waals surface area contributed by atoms with E-state index in [9.17, 15) is 23.1 Å². The maximum atomic E-state index is 12.5. The summed E-state index contributed by atoms with van der Waals surface area (Å²) in [7, 11) is 0. The number of aryl methyl sites for hydroxylation is 1. The van der Waals surface area contributed by atoms with Crippen LogP contribution in [0.3, 0.4) is 0 Å². The van der Waals surface area contributed by atoms with Crippen LogP contribution in [0.25, 0.3) is 0 Å². The molecule has 1 aliphatic heterocycles. The van der Waals surface area contributed by atoms with Crippen LogP contribution in [0.15, 0.2) is 42.6 Å². The summed E-state index contributed by atoms with van der Waals surface area (Å²) in [6.07, 6.45) is -4.88. The zero-order chi connectivity index (χ0) is 17.3. The molecule has 0 aliphatic carbocycles. The number of benzene rings is 1. The second-order valence-electron chi connectivity index (χ2n) is 5.28. The summed E-state index contributed by atoms with van der Waals surface area (Å²) in [6.45, 7) is 0. The monoisotopic (exact) mass is 338 g/mol. The molecule has 0 fully saturated rings. The number of anilines is 1. The van der Waals surface area contributed by atoms with Crippen LogP contribution < -0.4 is 9.64 Å². The second kappa shape index (κ2) is 6.03. The molecule has 1 atom stereocenters. The lowest BCUT2D eigenvalue weighted by Crippen LogP contribution is -2.46. The van der Waals surface area contributed by atoms with Crippen molar-refractivity contribution in [3.8, 4) is 5.88 Å². The first kappa shape index (κ1) is 16.1. The zero-order valence-corrected chi connectivity index (χ0v) is 12.3. The minimum Gasteiger partial charge on any atom is -0.465 e. The van der Waals surface area contributed by atoms with Gasteiger partial charge in [-0.15, -0.1) is 0 Å². The average Bonchev–Trinajstić information content (AvgIpc) is 2.54. The quantitative estimate of drug-likeness (QED) is 0.901. The summed E-state index contributed by atoms with van der Waals surface area (Å²) in [4.78, 5) is 16.3. The van der Waals surface area contributed by atoms with E-state index in [0.29, 0.717) is 24.7 Å². The van der Waals surface area contributed by atoms with Crippen molar-refractivity contribution in [2.45, 2.75) is 25.2 Å². The van der Waals surface area contributed by atoms with Gasteiger partial charge in [-0.25, -0.2) is 14.7 Å². The van der Waals surface area contributed by atoms with Gasteiger partial charge in [0.1, 0.15) is 0 Å². The van der Waals surface area contributed by atoms with Gasteiger partial charge < -0.3 is 9.84 Å². The van der Waals surface area contributed by atoms with Crippen LogP contribution in [-0.2, 0) is 12.6 Å². The molecule has 1 aromatic heterocycles. The lowest BCUT2D eigenvalue weighted by atomic mass is 10.0. The highest BCUT2D eigenvalue weighted by Crippen LogP contribution is 2.33. The van der Waals surface area contributed by atoms with Crippen molar-refractivity contribution in [2.24, 2.45) is 0 Å². The Morgan fingerprint density at radius 1 is 1.25 bits per heavy atom. The van der Waals surface area contributed by atoms with E-state index in [-0.39, 0.29) is 5.88 Å². The lowest BCUT2D eigenvalue weighted by molar-refractivity contribution is -0.137. The number of hydrogen-bond donors (Lipinski definition) is 1. The topological polar surface area (TPSA) is 62.7 Å². The minimum atomic E-state index is -4.48.